The van der Waals surface area contributed by atoms with Crippen LogP contribution in [0.4, 0.5) is 0 Å². The molecular formula is C22H19BrN2O6S. The summed E-state index contributed by atoms with van der Waals surface area (Å²) in [6.45, 7) is 0. The zero-order chi connectivity index (χ0) is 23.1. The third kappa shape index (κ3) is 5.65. The minimum Gasteiger partial charge on any atom is -0.496 e. The summed E-state index contributed by atoms with van der Waals surface area (Å²) in [4.78, 5) is 12.4. The Balaban J connectivity index is 1.74. The molecule has 166 valence electrons. The Hall–Kier alpha value is -3.37. The molecule has 0 fully saturated rings. The van der Waals surface area contributed by atoms with Gasteiger partial charge in [-0.15, -0.1) is 0 Å². The molecule has 0 unspecified atom stereocenters. The van der Waals surface area contributed by atoms with Gasteiger partial charge in [0.05, 0.1) is 26.0 Å². The molecule has 32 heavy (non-hydrogen) atoms. The van der Waals surface area contributed by atoms with Crippen molar-refractivity contribution >= 4 is 38.2 Å². The van der Waals surface area contributed by atoms with Gasteiger partial charge in [0.25, 0.3) is 5.91 Å². The topological polar surface area (TPSA) is 103 Å². The second-order valence-corrected chi connectivity index (χ2v) is 8.77. The first-order chi connectivity index (χ1) is 15.3. The third-order valence-electron chi connectivity index (χ3n) is 4.20. The largest absolute Gasteiger partial charge is 0.496 e. The number of methoxy groups -OCH3 is 2. The molecule has 1 amide bonds. The van der Waals surface area contributed by atoms with Crippen LogP contribution in [0.1, 0.15) is 15.9 Å². The number of carbonyl (C=O) groups is 1. The van der Waals surface area contributed by atoms with Crippen molar-refractivity contribution in [1.29, 1.82) is 0 Å². The van der Waals surface area contributed by atoms with Gasteiger partial charge in [0, 0.05) is 4.47 Å². The monoisotopic (exact) mass is 518 g/mol. The van der Waals surface area contributed by atoms with Crippen LogP contribution < -0.4 is 19.1 Å². The predicted octanol–water partition coefficient (Wildman–Crippen LogP) is 4.00. The van der Waals surface area contributed by atoms with Crippen LogP contribution in [0.5, 0.6) is 17.2 Å². The van der Waals surface area contributed by atoms with E-state index in [9.17, 15) is 13.2 Å². The Labute approximate surface area is 194 Å². The van der Waals surface area contributed by atoms with Gasteiger partial charge in [-0.1, -0.05) is 34.1 Å². The highest BCUT2D eigenvalue weighted by Gasteiger charge is 2.19. The Bertz CT molecular complexity index is 1250. The van der Waals surface area contributed by atoms with Gasteiger partial charge < -0.3 is 13.7 Å². The Morgan fingerprint density at radius 3 is 2.31 bits per heavy atom. The van der Waals surface area contributed by atoms with Gasteiger partial charge in [-0.2, -0.15) is 13.5 Å². The third-order valence-corrected chi connectivity index (χ3v) is 5.95. The lowest BCUT2D eigenvalue weighted by molar-refractivity contribution is 0.0952. The van der Waals surface area contributed by atoms with Gasteiger partial charge >= 0.3 is 10.1 Å². The first kappa shape index (κ1) is 23.3. The Kier molecular flexibility index (Phi) is 7.49. The molecule has 0 spiro atoms. The molecule has 0 bridgehead atoms. The van der Waals surface area contributed by atoms with Gasteiger partial charge in [0.2, 0.25) is 0 Å². The molecule has 0 heterocycles. The number of benzene rings is 3. The van der Waals surface area contributed by atoms with E-state index in [4.69, 9.17) is 13.7 Å². The first-order valence-corrected chi connectivity index (χ1v) is 11.4. The Morgan fingerprint density at radius 1 is 0.938 bits per heavy atom. The molecule has 0 saturated heterocycles. The van der Waals surface area contributed by atoms with Gasteiger partial charge in [-0.05, 0) is 54.1 Å². The van der Waals surface area contributed by atoms with Crippen molar-refractivity contribution in [2.45, 2.75) is 4.90 Å². The van der Waals surface area contributed by atoms with Gasteiger partial charge in [0.15, 0.2) is 11.5 Å². The van der Waals surface area contributed by atoms with Crippen LogP contribution in [0, 0.1) is 0 Å². The lowest BCUT2D eigenvalue weighted by atomic mass is 10.2. The molecule has 3 aromatic rings. The van der Waals surface area contributed by atoms with E-state index in [0.717, 1.165) is 4.47 Å². The van der Waals surface area contributed by atoms with E-state index in [1.54, 1.807) is 42.5 Å². The van der Waals surface area contributed by atoms with Crippen molar-refractivity contribution in [1.82, 2.24) is 5.43 Å². The summed E-state index contributed by atoms with van der Waals surface area (Å²) in [5.41, 5.74) is 3.28. The van der Waals surface area contributed by atoms with Crippen molar-refractivity contribution in [3.8, 4) is 17.2 Å². The fourth-order valence-corrected chi connectivity index (χ4v) is 3.99. The van der Waals surface area contributed by atoms with E-state index in [1.165, 1.54) is 44.7 Å². The van der Waals surface area contributed by atoms with Crippen molar-refractivity contribution < 1.29 is 26.9 Å². The zero-order valence-corrected chi connectivity index (χ0v) is 19.5. The molecular weight excluding hydrogens is 500 g/mol. The number of hydrogen-bond donors (Lipinski definition) is 1. The molecule has 0 saturated carbocycles. The molecule has 3 rings (SSSR count). The quantitative estimate of drug-likeness (QED) is 0.274. The summed E-state index contributed by atoms with van der Waals surface area (Å²) in [7, 11) is -1.16. The van der Waals surface area contributed by atoms with Crippen LogP contribution in [-0.4, -0.2) is 34.8 Å². The molecule has 0 atom stereocenters. The maximum Gasteiger partial charge on any atom is 0.339 e. The number of nitrogens with zero attached hydrogens (tertiary/aromatic N) is 1. The molecule has 0 aliphatic heterocycles. The zero-order valence-electron chi connectivity index (χ0n) is 17.1. The summed E-state index contributed by atoms with van der Waals surface area (Å²) >= 11 is 3.31. The van der Waals surface area contributed by atoms with E-state index >= 15 is 0 Å². The molecule has 0 aromatic heterocycles. The van der Waals surface area contributed by atoms with Crippen molar-refractivity contribution in [3.05, 3.63) is 82.3 Å². The minimum atomic E-state index is -4.01. The normalized spacial score (nSPS) is 11.2. The highest BCUT2D eigenvalue weighted by atomic mass is 79.9. The van der Waals surface area contributed by atoms with E-state index in [1.807, 2.05) is 0 Å². The van der Waals surface area contributed by atoms with Crippen molar-refractivity contribution in [3.63, 3.8) is 0 Å². The summed E-state index contributed by atoms with van der Waals surface area (Å²) in [6.07, 6.45) is 1.39. The molecule has 0 aliphatic carbocycles. The number of nitrogens with one attached hydrogen (secondary N) is 1. The smallest absolute Gasteiger partial charge is 0.339 e. The number of hydrazone groups is 1. The van der Waals surface area contributed by atoms with Crippen LogP contribution in [-0.2, 0) is 10.1 Å². The first-order valence-electron chi connectivity index (χ1n) is 9.18. The van der Waals surface area contributed by atoms with Gasteiger partial charge in [-0.3, -0.25) is 4.79 Å². The van der Waals surface area contributed by atoms with E-state index in [0.29, 0.717) is 16.9 Å². The van der Waals surface area contributed by atoms with Crippen LogP contribution >= 0.6 is 15.9 Å². The molecule has 0 aliphatic rings. The summed E-state index contributed by atoms with van der Waals surface area (Å²) < 4.78 is 41.3. The highest BCUT2D eigenvalue weighted by molar-refractivity contribution is 9.10. The maximum atomic E-state index is 12.4. The summed E-state index contributed by atoms with van der Waals surface area (Å²) in [5.74, 6) is 0.161. The van der Waals surface area contributed by atoms with E-state index in [-0.39, 0.29) is 16.4 Å². The lowest BCUT2D eigenvalue weighted by Crippen LogP contribution is -2.18. The van der Waals surface area contributed by atoms with Crippen LogP contribution in [0.3, 0.4) is 0 Å². The molecule has 1 N–H and O–H groups in total. The molecule has 10 heteroatoms. The number of rotatable bonds is 8. The summed E-state index contributed by atoms with van der Waals surface area (Å²) in [6, 6.07) is 17.4. The highest BCUT2D eigenvalue weighted by Crippen LogP contribution is 2.30. The lowest BCUT2D eigenvalue weighted by Gasteiger charge is -2.11. The SMILES string of the molecule is COc1cc(/C=N\NC(=O)c2cc(Br)ccc2OC)ccc1OS(=O)(=O)c1ccccc1. The number of ether oxygens (including phenoxy) is 2. The molecule has 8 nitrogen and oxygen atoms in total. The van der Waals surface area contributed by atoms with Gasteiger partial charge in [0.1, 0.15) is 10.6 Å². The summed E-state index contributed by atoms with van der Waals surface area (Å²) in [5, 5.41) is 3.94. The fourth-order valence-electron chi connectivity index (χ4n) is 2.67. The number of amides is 1. The van der Waals surface area contributed by atoms with Crippen LogP contribution in [0.15, 0.2) is 81.2 Å². The fraction of sp³-hybridized carbons (Fsp3) is 0.0909. The van der Waals surface area contributed by atoms with Crippen molar-refractivity contribution in [2.75, 3.05) is 14.2 Å². The van der Waals surface area contributed by atoms with E-state index < -0.39 is 16.0 Å². The average Bonchev–Trinajstić information content (AvgIpc) is 2.80. The number of halogens is 1. The maximum absolute atomic E-state index is 12.4. The minimum absolute atomic E-state index is 0.0245. The second-order valence-electron chi connectivity index (χ2n) is 6.30. The predicted molar refractivity (Wildman–Crippen MR) is 123 cm³/mol. The van der Waals surface area contributed by atoms with Crippen LogP contribution in [0.2, 0.25) is 0 Å². The van der Waals surface area contributed by atoms with Crippen LogP contribution in [0.25, 0.3) is 0 Å². The Morgan fingerprint density at radius 2 is 1.62 bits per heavy atom. The van der Waals surface area contributed by atoms with E-state index in [2.05, 4.69) is 26.5 Å². The second kappa shape index (κ2) is 10.3. The molecule has 3 aromatic carbocycles. The standard InChI is InChI=1S/C22H19BrN2O6S/c1-29-19-11-9-16(23)13-18(19)22(26)25-24-14-15-8-10-20(21(12-15)30-2)31-32(27,28)17-6-4-3-5-7-17/h3-14H,1-2H3,(H,25,26)/b24-14-. The number of hydrogen-bond acceptors (Lipinski definition) is 7. The van der Waals surface area contributed by atoms with Gasteiger partial charge in [-0.25, -0.2) is 5.43 Å². The molecule has 0 radical (unpaired) electrons. The van der Waals surface area contributed by atoms with Crippen molar-refractivity contribution in [2.24, 2.45) is 5.10 Å². The average molecular weight is 519 g/mol. The number of carbonyl (C=O) groups excluding carboxylic acids is 1.